The Bertz CT molecular complexity index is 409. The third kappa shape index (κ3) is 2.25. The highest BCUT2D eigenvalue weighted by Gasteiger charge is 2.30. The molecule has 1 aromatic rings. The zero-order valence-electron chi connectivity index (χ0n) is 10.4. The number of nitrogens with two attached hydrogens (primary N) is 1. The molecule has 0 spiro atoms. The van der Waals surface area contributed by atoms with Crippen LogP contribution in [-0.4, -0.2) is 27.9 Å². The number of nitrogens with zero attached hydrogens (tertiary/aromatic N) is 2. The van der Waals surface area contributed by atoms with Gasteiger partial charge in [0.25, 0.3) is 5.91 Å². The van der Waals surface area contributed by atoms with E-state index in [0.717, 1.165) is 12.8 Å². The van der Waals surface area contributed by atoms with Crippen molar-refractivity contribution in [1.82, 2.24) is 9.88 Å². The summed E-state index contributed by atoms with van der Waals surface area (Å²) in [5.74, 6) is 0.00954. The van der Waals surface area contributed by atoms with Crippen molar-refractivity contribution in [3.05, 3.63) is 24.0 Å². The van der Waals surface area contributed by atoms with Gasteiger partial charge in [0, 0.05) is 30.2 Å². The molecule has 4 nitrogen and oxygen atoms in total. The van der Waals surface area contributed by atoms with Crippen molar-refractivity contribution in [2.24, 2.45) is 0 Å². The van der Waals surface area contributed by atoms with Crippen LogP contribution in [0, 0.1) is 0 Å². The van der Waals surface area contributed by atoms with E-state index in [1.165, 1.54) is 6.42 Å². The number of amides is 1. The lowest BCUT2D eigenvalue weighted by Gasteiger charge is -2.39. The fourth-order valence-corrected chi connectivity index (χ4v) is 2.54. The first-order valence-electron chi connectivity index (χ1n) is 6.13. The predicted molar refractivity (Wildman–Crippen MR) is 67.6 cm³/mol. The minimum Gasteiger partial charge on any atom is -0.398 e. The summed E-state index contributed by atoms with van der Waals surface area (Å²) in [6.07, 6.45) is 6.49. The molecule has 0 aliphatic carbocycles. The molecular formula is C13H19N3O. The number of carbonyl (C=O) groups excluding carboxylic acids is 1. The summed E-state index contributed by atoms with van der Waals surface area (Å²) in [4.78, 5) is 18.4. The van der Waals surface area contributed by atoms with E-state index in [9.17, 15) is 4.79 Å². The molecule has 0 aromatic carbocycles. The maximum Gasteiger partial charge on any atom is 0.257 e. The number of hydrogen-bond donors (Lipinski definition) is 1. The first-order chi connectivity index (χ1) is 8.11. The second kappa shape index (κ2) is 4.73. The smallest absolute Gasteiger partial charge is 0.257 e. The van der Waals surface area contributed by atoms with E-state index in [2.05, 4.69) is 18.8 Å². The quantitative estimate of drug-likeness (QED) is 0.807. The van der Waals surface area contributed by atoms with Crippen molar-refractivity contribution in [3.63, 3.8) is 0 Å². The lowest BCUT2D eigenvalue weighted by Crippen LogP contribution is -2.47. The van der Waals surface area contributed by atoms with E-state index in [-0.39, 0.29) is 18.0 Å². The zero-order valence-corrected chi connectivity index (χ0v) is 10.4. The Morgan fingerprint density at radius 3 is 2.65 bits per heavy atom. The molecule has 1 fully saturated rings. The van der Waals surface area contributed by atoms with Crippen molar-refractivity contribution in [3.8, 4) is 0 Å². The lowest BCUT2D eigenvalue weighted by molar-refractivity contribution is 0.0511. The number of likely N-dealkylation sites (tertiary alicyclic amines) is 1. The molecule has 2 heterocycles. The molecule has 0 saturated carbocycles. The SMILES string of the molecule is CC1CCCC(C)N1C(=O)c1cnccc1N. The Balaban J connectivity index is 2.27. The minimum absolute atomic E-state index is 0.00954. The van der Waals surface area contributed by atoms with Gasteiger partial charge < -0.3 is 10.6 Å². The fourth-order valence-electron chi connectivity index (χ4n) is 2.54. The molecule has 2 rings (SSSR count). The molecule has 2 atom stereocenters. The van der Waals surface area contributed by atoms with Crippen LogP contribution in [0.3, 0.4) is 0 Å². The highest BCUT2D eigenvalue weighted by Crippen LogP contribution is 2.25. The molecule has 1 aliphatic heterocycles. The van der Waals surface area contributed by atoms with E-state index in [1.54, 1.807) is 18.5 Å². The highest BCUT2D eigenvalue weighted by atomic mass is 16.2. The standard InChI is InChI=1S/C13H19N3O/c1-9-4-3-5-10(2)16(9)13(17)11-8-15-7-6-12(11)14/h6-10H,3-5H2,1-2H3,(H2,14,15). The van der Waals surface area contributed by atoms with Crippen LogP contribution in [0.5, 0.6) is 0 Å². The number of hydrogen-bond acceptors (Lipinski definition) is 3. The number of piperidine rings is 1. The van der Waals surface area contributed by atoms with Gasteiger partial charge in [0.1, 0.15) is 0 Å². The summed E-state index contributed by atoms with van der Waals surface area (Å²) in [5, 5.41) is 0. The Labute approximate surface area is 102 Å². The topological polar surface area (TPSA) is 59.2 Å². The van der Waals surface area contributed by atoms with Crippen LogP contribution in [0.1, 0.15) is 43.5 Å². The molecule has 92 valence electrons. The Morgan fingerprint density at radius 2 is 2.06 bits per heavy atom. The zero-order chi connectivity index (χ0) is 12.4. The van der Waals surface area contributed by atoms with Crippen molar-refractivity contribution in [2.75, 3.05) is 5.73 Å². The molecule has 1 aliphatic rings. The third-order valence-electron chi connectivity index (χ3n) is 3.51. The molecule has 17 heavy (non-hydrogen) atoms. The summed E-state index contributed by atoms with van der Waals surface area (Å²) in [6.45, 7) is 4.19. The van der Waals surface area contributed by atoms with Gasteiger partial charge in [-0.1, -0.05) is 0 Å². The molecule has 1 aromatic heterocycles. The monoisotopic (exact) mass is 233 g/mol. The number of nitrogen functional groups attached to an aromatic ring is 1. The Hall–Kier alpha value is -1.58. The molecule has 1 saturated heterocycles. The van der Waals surface area contributed by atoms with E-state index in [1.807, 2.05) is 4.90 Å². The van der Waals surface area contributed by atoms with Crippen LogP contribution >= 0.6 is 0 Å². The second-order valence-corrected chi connectivity index (χ2v) is 4.80. The van der Waals surface area contributed by atoms with Crippen LogP contribution in [-0.2, 0) is 0 Å². The van der Waals surface area contributed by atoms with Crippen molar-refractivity contribution >= 4 is 11.6 Å². The lowest BCUT2D eigenvalue weighted by atomic mass is 9.96. The normalized spacial score (nSPS) is 24.7. The fraction of sp³-hybridized carbons (Fsp3) is 0.538. The van der Waals surface area contributed by atoms with Crippen molar-refractivity contribution < 1.29 is 4.79 Å². The molecule has 0 radical (unpaired) electrons. The molecular weight excluding hydrogens is 214 g/mol. The van der Waals surface area contributed by atoms with E-state index in [0.29, 0.717) is 11.3 Å². The van der Waals surface area contributed by atoms with Crippen LogP contribution in [0.2, 0.25) is 0 Å². The maximum atomic E-state index is 12.4. The molecule has 0 bridgehead atoms. The first kappa shape index (κ1) is 11.9. The number of rotatable bonds is 1. The first-order valence-corrected chi connectivity index (χ1v) is 6.13. The summed E-state index contributed by atoms with van der Waals surface area (Å²) in [6, 6.07) is 2.24. The largest absolute Gasteiger partial charge is 0.398 e. The van der Waals surface area contributed by atoms with E-state index in [4.69, 9.17) is 5.73 Å². The number of aromatic nitrogens is 1. The second-order valence-electron chi connectivity index (χ2n) is 4.80. The number of pyridine rings is 1. The molecule has 4 heteroatoms. The summed E-state index contributed by atoms with van der Waals surface area (Å²) >= 11 is 0. The van der Waals surface area contributed by atoms with Gasteiger partial charge in [0.2, 0.25) is 0 Å². The average Bonchev–Trinajstić information content (AvgIpc) is 2.29. The van der Waals surface area contributed by atoms with E-state index < -0.39 is 0 Å². The van der Waals surface area contributed by atoms with Crippen LogP contribution in [0.15, 0.2) is 18.5 Å². The van der Waals surface area contributed by atoms with Gasteiger partial charge in [-0.05, 0) is 39.2 Å². The van der Waals surface area contributed by atoms with Gasteiger partial charge in [-0.25, -0.2) is 0 Å². The van der Waals surface area contributed by atoms with Gasteiger partial charge in [0.15, 0.2) is 0 Å². The van der Waals surface area contributed by atoms with Gasteiger partial charge in [-0.15, -0.1) is 0 Å². The average molecular weight is 233 g/mol. The minimum atomic E-state index is 0.00954. The van der Waals surface area contributed by atoms with Gasteiger partial charge in [0.05, 0.1) is 5.56 Å². The van der Waals surface area contributed by atoms with Gasteiger partial charge in [-0.2, -0.15) is 0 Å². The van der Waals surface area contributed by atoms with Crippen LogP contribution in [0.4, 0.5) is 5.69 Å². The third-order valence-corrected chi connectivity index (χ3v) is 3.51. The summed E-state index contributed by atoms with van der Waals surface area (Å²) in [7, 11) is 0. The van der Waals surface area contributed by atoms with E-state index >= 15 is 0 Å². The maximum absolute atomic E-state index is 12.4. The number of carbonyl (C=O) groups is 1. The highest BCUT2D eigenvalue weighted by molar-refractivity contribution is 5.99. The van der Waals surface area contributed by atoms with Crippen molar-refractivity contribution in [2.45, 2.75) is 45.2 Å². The summed E-state index contributed by atoms with van der Waals surface area (Å²) < 4.78 is 0. The van der Waals surface area contributed by atoms with Crippen molar-refractivity contribution in [1.29, 1.82) is 0 Å². The molecule has 1 amide bonds. The van der Waals surface area contributed by atoms with Crippen LogP contribution < -0.4 is 5.73 Å². The molecule has 2 unspecified atom stereocenters. The predicted octanol–water partition coefficient (Wildman–Crippen LogP) is 2.07. The number of anilines is 1. The van der Waals surface area contributed by atoms with Gasteiger partial charge >= 0.3 is 0 Å². The Kier molecular flexibility index (Phi) is 3.31. The van der Waals surface area contributed by atoms with Gasteiger partial charge in [-0.3, -0.25) is 9.78 Å². The molecule has 2 N–H and O–H groups in total. The Morgan fingerprint density at radius 1 is 1.41 bits per heavy atom. The van der Waals surface area contributed by atoms with Crippen LogP contribution in [0.25, 0.3) is 0 Å². The summed E-state index contributed by atoms with van der Waals surface area (Å²) in [5.41, 5.74) is 6.86.